The summed E-state index contributed by atoms with van der Waals surface area (Å²) in [5.74, 6) is 0.108. The topological polar surface area (TPSA) is 50.3 Å². The maximum absolute atomic E-state index is 12.7. The minimum absolute atomic E-state index is 0.0410. The molecule has 4 nitrogen and oxygen atoms in total. The number of likely N-dealkylation sites (tertiary alicyclic amines) is 1. The molecule has 5 heteroatoms. The highest BCUT2D eigenvalue weighted by Crippen LogP contribution is 2.32. The predicted octanol–water partition coefficient (Wildman–Crippen LogP) is 4.48. The number of rotatable bonds is 5. The van der Waals surface area contributed by atoms with Crippen molar-refractivity contribution in [2.75, 3.05) is 6.54 Å². The Labute approximate surface area is 152 Å². The molecule has 1 aromatic heterocycles. The van der Waals surface area contributed by atoms with E-state index in [-0.39, 0.29) is 30.6 Å². The molecule has 1 saturated heterocycles. The second-order valence-electron chi connectivity index (χ2n) is 6.69. The molecular formula is C20H24N2O2S. The molecule has 1 unspecified atom stereocenters. The molecule has 1 aliphatic rings. The molecule has 0 spiro atoms. The van der Waals surface area contributed by atoms with Crippen LogP contribution in [0.25, 0.3) is 0 Å². The number of carbonyl (C=O) groups is 2. The summed E-state index contributed by atoms with van der Waals surface area (Å²) in [5.41, 5.74) is 2.98. The molecule has 0 saturated carbocycles. The zero-order valence-corrected chi connectivity index (χ0v) is 15.6. The largest absolute Gasteiger partial charge is 0.333 e. The summed E-state index contributed by atoms with van der Waals surface area (Å²) < 4.78 is 0. The van der Waals surface area contributed by atoms with E-state index in [2.05, 4.69) is 4.98 Å². The van der Waals surface area contributed by atoms with Gasteiger partial charge in [-0.05, 0) is 50.3 Å². The SMILES string of the molecule is Cc1ccc(C(=O)CCC(=O)N2CCCCC2c2nccs2)cc1C. The first-order valence-electron chi connectivity index (χ1n) is 8.85. The summed E-state index contributed by atoms with van der Waals surface area (Å²) >= 11 is 1.60. The Morgan fingerprint density at radius 2 is 2.04 bits per heavy atom. The lowest BCUT2D eigenvalue weighted by Crippen LogP contribution is -2.38. The molecule has 2 heterocycles. The average molecular weight is 356 g/mol. The van der Waals surface area contributed by atoms with Crippen molar-refractivity contribution in [2.45, 2.75) is 52.0 Å². The Morgan fingerprint density at radius 1 is 1.20 bits per heavy atom. The van der Waals surface area contributed by atoms with E-state index < -0.39 is 0 Å². The Balaban J connectivity index is 1.62. The van der Waals surface area contributed by atoms with Crippen LogP contribution in [0.15, 0.2) is 29.8 Å². The predicted molar refractivity (Wildman–Crippen MR) is 99.9 cm³/mol. The van der Waals surface area contributed by atoms with Crippen LogP contribution in [0, 0.1) is 13.8 Å². The lowest BCUT2D eigenvalue weighted by Gasteiger charge is -2.34. The Bertz CT molecular complexity index is 755. The molecule has 1 aromatic carbocycles. The standard InChI is InChI=1S/C20H24N2O2S/c1-14-6-7-16(13-15(14)2)18(23)8-9-19(24)22-11-4-3-5-17(22)20-21-10-12-25-20/h6-7,10,12-13,17H,3-5,8-9,11H2,1-2H3. The fourth-order valence-corrected chi connectivity index (χ4v) is 4.09. The van der Waals surface area contributed by atoms with E-state index in [4.69, 9.17) is 0 Å². The van der Waals surface area contributed by atoms with Gasteiger partial charge in [-0.15, -0.1) is 11.3 Å². The number of aryl methyl sites for hydroxylation is 2. The Hall–Kier alpha value is -2.01. The number of Topliss-reactive ketones (excluding diaryl/α,β-unsaturated/α-hetero) is 1. The first-order chi connectivity index (χ1) is 12.1. The summed E-state index contributed by atoms with van der Waals surface area (Å²) in [6, 6.07) is 5.82. The van der Waals surface area contributed by atoms with Gasteiger partial charge in [-0.3, -0.25) is 9.59 Å². The van der Waals surface area contributed by atoms with Gasteiger partial charge in [-0.25, -0.2) is 4.98 Å². The summed E-state index contributed by atoms with van der Waals surface area (Å²) in [6.45, 7) is 4.80. The minimum Gasteiger partial charge on any atom is -0.333 e. The molecule has 1 fully saturated rings. The van der Waals surface area contributed by atoms with Gasteiger partial charge in [0, 0.05) is 36.5 Å². The van der Waals surface area contributed by atoms with E-state index in [1.54, 1.807) is 17.5 Å². The van der Waals surface area contributed by atoms with Crippen LogP contribution in [-0.4, -0.2) is 28.1 Å². The van der Waals surface area contributed by atoms with Crippen molar-refractivity contribution in [1.29, 1.82) is 0 Å². The number of hydrogen-bond acceptors (Lipinski definition) is 4. The van der Waals surface area contributed by atoms with Crippen molar-refractivity contribution >= 4 is 23.0 Å². The number of ketones is 1. The van der Waals surface area contributed by atoms with Gasteiger partial charge in [0.25, 0.3) is 0 Å². The highest BCUT2D eigenvalue weighted by atomic mass is 32.1. The van der Waals surface area contributed by atoms with Crippen LogP contribution in [0.2, 0.25) is 0 Å². The Morgan fingerprint density at radius 3 is 2.76 bits per heavy atom. The first kappa shape index (κ1) is 17.8. The van der Waals surface area contributed by atoms with Gasteiger partial charge in [0.1, 0.15) is 5.01 Å². The third-order valence-corrected chi connectivity index (χ3v) is 5.83. The van der Waals surface area contributed by atoms with Crippen LogP contribution < -0.4 is 0 Å². The van der Waals surface area contributed by atoms with Crippen LogP contribution in [0.1, 0.15) is 64.6 Å². The normalized spacial score (nSPS) is 17.5. The molecule has 0 radical (unpaired) electrons. The summed E-state index contributed by atoms with van der Waals surface area (Å²) in [6.07, 6.45) is 5.44. The van der Waals surface area contributed by atoms with Crippen LogP contribution in [0.5, 0.6) is 0 Å². The van der Waals surface area contributed by atoms with Crippen molar-refractivity contribution in [3.05, 3.63) is 51.5 Å². The molecule has 0 bridgehead atoms. The van der Waals surface area contributed by atoms with E-state index in [0.717, 1.165) is 36.4 Å². The fourth-order valence-electron chi connectivity index (χ4n) is 3.31. The van der Waals surface area contributed by atoms with Gasteiger partial charge in [-0.2, -0.15) is 0 Å². The van der Waals surface area contributed by atoms with E-state index in [1.807, 2.05) is 42.3 Å². The average Bonchev–Trinajstić information content (AvgIpc) is 3.16. The first-order valence-corrected chi connectivity index (χ1v) is 9.73. The van der Waals surface area contributed by atoms with Crippen molar-refractivity contribution < 1.29 is 9.59 Å². The van der Waals surface area contributed by atoms with E-state index in [1.165, 1.54) is 5.56 Å². The van der Waals surface area contributed by atoms with Crippen LogP contribution in [0.4, 0.5) is 0 Å². The molecule has 132 valence electrons. The Kier molecular flexibility index (Phi) is 5.63. The second kappa shape index (κ2) is 7.91. The van der Waals surface area contributed by atoms with Crippen LogP contribution in [0.3, 0.4) is 0 Å². The maximum atomic E-state index is 12.7. The van der Waals surface area contributed by atoms with Crippen LogP contribution >= 0.6 is 11.3 Å². The van der Waals surface area contributed by atoms with E-state index >= 15 is 0 Å². The summed E-state index contributed by atoms with van der Waals surface area (Å²) in [5, 5.41) is 2.96. The molecular weight excluding hydrogens is 332 g/mol. The zero-order valence-electron chi connectivity index (χ0n) is 14.8. The molecule has 0 N–H and O–H groups in total. The van der Waals surface area contributed by atoms with Gasteiger partial charge < -0.3 is 4.90 Å². The van der Waals surface area contributed by atoms with Gasteiger partial charge in [0.2, 0.25) is 5.91 Å². The summed E-state index contributed by atoms with van der Waals surface area (Å²) in [4.78, 5) is 31.5. The molecule has 3 rings (SSSR count). The number of amides is 1. The minimum atomic E-state index is 0.0410. The molecule has 1 aliphatic heterocycles. The fraction of sp³-hybridized carbons (Fsp3) is 0.450. The van der Waals surface area contributed by atoms with Gasteiger partial charge in [-0.1, -0.05) is 12.1 Å². The van der Waals surface area contributed by atoms with Crippen molar-refractivity contribution in [3.63, 3.8) is 0 Å². The highest BCUT2D eigenvalue weighted by Gasteiger charge is 2.29. The lowest BCUT2D eigenvalue weighted by atomic mass is 9.99. The number of thiazole rings is 1. The molecule has 1 amide bonds. The quantitative estimate of drug-likeness (QED) is 0.742. The van der Waals surface area contributed by atoms with Crippen LogP contribution in [-0.2, 0) is 4.79 Å². The second-order valence-corrected chi connectivity index (χ2v) is 7.62. The molecule has 25 heavy (non-hydrogen) atoms. The van der Waals surface area contributed by atoms with Gasteiger partial charge >= 0.3 is 0 Å². The number of hydrogen-bond donors (Lipinski definition) is 0. The highest BCUT2D eigenvalue weighted by molar-refractivity contribution is 7.09. The van der Waals surface area contributed by atoms with Gasteiger partial charge in [0.15, 0.2) is 5.78 Å². The number of piperidine rings is 1. The van der Waals surface area contributed by atoms with E-state index in [9.17, 15) is 9.59 Å². The number of nitrogens with zero attached hydrogens (tertiary/aromatic N) is 2. The smallest absolute Gasteiger partial charge is 0.223 e. The molecule has 0 aliphatic carbocycles. The zero-order chi connectivity index (χ0) is 17.8. The monoisotopic (exact) mass is 356 g/mol. The van der Waals surface area contributed by atoms with Gasteiger partial charge in [0.05, 0.1) is 6.04 Å². The number of aromatic nitrogens is 1. The van der Waals surface area contributed by atoms with Crippen molar-refractivity contribution in [2.24, 2.45) is 0 Å². The number of carbonyl (C=O) groups excluding carboxylic acids is 2. The summed E-state index contributed by atoms with van der Waals surface area (Å²) in [7, 11) is 0. The molecule has 1 atom stereocenters. The van der Waals surface area contributed by atoms with Crippen molar-refractivity contribution in [1.82, 2.24) is 9.88 Å². The van der Waals surface area contributed by atoms with Crippen molar-refractivity contribution in [3.8, 4) is 0 Å². The third kappa shape index (κ3) is 4.15. The number of benzene rings is 1. The lowest BCUT2D eigenvalue weighted by molar-refractivity contribution is -0.135. The molecule has 2 aromatic rings. The van der Waals surface area contributed by atoms with E-state index in [0.29, 0.717) is 5.56 Å². The third-order valence-electron chi connectivity index (χ3n) is 4.95. The maximum Gasteiger partial charge on any atom is 0.223 e.